The van der Waals surface area contributed by atoms with Gasteiger partial charge in [0.25, 0.3) is 0 Å². The number of hydrogen-bond acceptors (Lipinski definition) is 5. The second kappa shape index (κ2) is 6.00. The molecule has 1 fully saturated rings. The molecule has 8 nitrogen and oxygen atoms in total. The largest absolute Gasteiger partial charge is 0.476 e. The SMILES string of the molecule is CC1(C(=O)NCCn2cc(C(=O)O)nn2)CCCCN1. The van der Waals surface area contributed by atoms with Crippen LogP contribution in [0.1, 0.15) is 36.7 Å². The Labute approximate surface area is 116 Å². The van der Waals surface area contributed by atoms with Crippen LogP contribution in [0.5, 0.6) is 0 Å². The van der Waals surface area contributed by atoms with Crippen LogP contribution in [0.4, 0.5) is 0 Å². The van der Waals surface area contributed by atoms with E-state index in [9.17, 15) is 9.59 Å². The molecule has 110 valence electrons. The minimum Gasteiger partial charge on any atom is -0.476 e. The summed E-state index contributed by atoms with van der Waals surface area (Å²) in [7, 11) is 0. The summed E-state index contributed by atoms with van der Waals surface area (Å²) in [6, 6.07) is 0. The molecule has 0 bridgehead atoms. The number of carboxylic acids is 1. The third-order valence-corrected chi connectivity index (χ3v) is 3.50. The van der Waals surface area contributed by atoms with Crippen LogP contribution in [0, 0.1) is 0 Å². The summed E-state index contributed by atoms with van der Waals surface area (Å²) < 4.78 is 1.40. The van der Waals surface area contributed by atoms with Gasteiger partial charge in [-0.1, -0.05) is 5.21 Å². The van der Waals surface area contributed by atoms with Gasteiger partial charge in [0, 0.05) is 6.54 Å². The number of nitrogens with one attached hydrogen (secondary N) is 2. The molecule has 1 saturated heterocycles. The molecule has 3 N–H and O–H groups in total. The van der Waals surface area contributed by atoms with Crippen LogP contribution in [0.15, 0.2) is 6.20 Å². The molecule has 2 heterocycles. The summed E-state index contributed by atoms with van der Waals surface area (Å²) in [5.74, 6) is -1.14. The van der Waals surface area contributed by atoms with Crippen molar-refractivity contribution in [3.05, 3.63) is 11.9 Å². The number of hydrogen-bond donors (Lipinski definition) is 3. The summed E-state index contributed by atoms with van der Waals surface area (Å²) in [4.78, 5) is 22.8. The highest BCUT2D eigenvalue weighted by Crippen LogP contribution is 2.18. The van der Waals surface area contributed by atoms with E-state index in [1.165, 1.54) is 10.9 Å². The van der Waals surface area contributed by atoms with E-state index in [0.29, 0.717) is 13.1 Å². The summed E-state index contributed by atoms with van der Waals surface area (Å²) >= 11 is 0. The van der Waals surface area contributed by atoms with Gasteiger partial charge >= 0.3 is 5.97 Å². The summed E-state index contributed by atoms with van der Waals surface area (Å²) in [5.41, 5.74) is -0.607. The van der Waals surface area contributed by atoms with Crippen LogP contribution in [0.25, 0.3) is 0 Å². The van der Waals surface area contributed by atoms with E-state index in [1.54, 1.807) is 0 Å². The summed E-state index contributed by atoms with van der Waals surface area (Å²) in [5, 5.41) is 22.0. The van der Waals surface area contributed by atoms with Gasteiger partial charge in [0.05, 0.1) is 18.3 Å². The number of piperidine rings is 1. The van der Waals surface area contributed by atoms with Gasteiger partial charge in [-0.25, -0.2) is 9.48 Å². The number of rotatable bonds is 5. The van der Waals surface area contributed by atoms with E-state index >= 15 is 0 Å². The normalized spacial score (nSPS) is 22.4. The lowest BCUT2D eigenvalue weighted by atomic mass is 9.90. The average molecular weight is 281 g/mol. The molecule has 0 aromatic carbocycles. The second-order valence-electron chi connectivity index (χ2n) is 5.14. The van der Waals surface area contributed by atoms with Crippen molar-refractivity contribution in [3.63, 3.8) is 0 Å². The van der Waals surface area contributed by atoms with Crippen molar-refractivity contribution in [2.45, 2.75) is 38.3 Å². The Hall–Kier alpha value is -1.96. The number of carboxylic acid groups (broad SMARTS) is 1. The molecule has 2 rings (SSSR count). The molecule has 0 spiro atoms. The molecule has 1 atom stereocenters. The van der Waals surface area contributed by atoms with E-state index in [4.69, 9.17) is 5.11 Å². The van der Waals surface area contributed by atoms with E-state index < -0.39 is 11.5 Å². The zero-order valence-corrected chi connectivity index (χ0v) is 11.4. The molecular formula is C12H19N5O3. The maximum atomic E-state index is 12.1. The summed E-state index contributed by atoms with van der Waals surface area (Å²) in [6.07, 6.45) is 4.31. The zero-order valence-electron chi connectivity index (χ0n) is 11.4. The van der Waals surface area contributed by atoms with E-state index in [2.05, 4.69) is 20.9 Å². The molecule has 8 heteroatoms. The standard InChI is InChI=1S/C12H19N5O3/c1-12(4-2-3-5-14-12)11(20)13-6-7-17-8-9(10(18)19)15-16-17/h8,14H,2-7H2,1H3,(H,13,20)(H,18,19). The van der Waals surface area contributed by atoms with Crippen molar-refractivity contribution in [1.29, 1.82) is 0 Å². The first kappa shape index (κ1) is 14.4. The molecule has 0 radical (unpaired) electrons. The van der Waals surface area contributed by atoms with Crippen molar-refractivity contribution in [1.82, 2.24) is 25.6 Å². The minimum atomic E-state index is -1.11. The van der Waals surface area contributed by atoms with Crippen molar-refractivity contribution in [3.8, 4) is 0 Å². The van der Waals surface area contributed by atoms with Crippen molar-refractivity contribution in [2.24, 2.45) is 0 Å². The summed E-state index contributed by atoms with van der Waals surface area (Å²) in [6.45, 7) is 3.54. The third kappa shape index (κ3) is 3.32. The van der Waals surface area contributed by atoms with Crippen LogP contribution in [-0.4, -0.2) is 50.6 Å². The minimum absolute atomic E-state index is 0.0317. The fourth-order valence-electron chi connectivity index (χ4n) is 2.23. The number of nitrogens with zero attached hydrogens (tertiary/aromatic N) is 3. The second-order valence-corrected chi connectivity index (χ2v) is 5.14. The van der Waals surface area contributed by atoms with Gasteiger partial charge in [-0.15, -0.1) is 5.10 Å². The molecule has 1 aliphatic heterocycles. The number of amides is 1. The lowest BCUT2D eigenvalue weighted by Gasteiger charge is -2.33. The lowest BCUT2D eigenvalue weighted by molar-refractivity contribution is -0.127. The van der Waals surface area contributed by atoms with Crippen molar-refractivity contribution >= 4 is 11.9 Å². The van der Waals surface area contributed by atoms with Gasteiger partial charge in [-0.05, 0) is 32.7 Å². The Balaban J connectivity index is 1.80. The molecule has 1 amide bonds. The van der Waals surface area contributed by atoms with E-state index in [0.717, 1.165) is 25.8 Å². The van der Waals surface area contributed by atoms with Crippen LogP contribution in [0.3, 0.4) is 0 Å². The monoisotopic (exact) mass is 281 g/mol. The van der Waals surface area contributed by atoms with Crippen LogP contribution in [0.2, 0.25) is 0 Å². The average Bonchev–Trinajstić information content (AvgIpc) is 2.88. The Kier molecular flexibility index (Phi) is 4.33. The zero-order chi connectivity index (χ0) is 14.6. The van der Waals surface area contributed by atoms with E-state index in [-0.39, 0.29) is 11.6 Å². The molecule has 1 unspecified atom stereocenters. The number of aromatic nitrogens is 3. The molecule has 0 aliphatic carbocycles. The maximum absolute atomic E-state index is 12.1. The first-order valence-electron chi connectivity index (χ1n) is 6.68. The number of carbonyl (C=O) groups is 2. The quantitative estimate of drug-likeness (QED) is 0.679. The molecule has 20 heavy (non-hydrogen) atoms. The fraction of sp³-hybridized carbons (Fsp3) is 0.667. The van der Waals surface area contributed by atoms with Gasteiger partial charge in [-0.3, -0.25) is 4.79 Å². The molecule has 0 saturated carbocycles. The third-order valence-electron chi connectivity index (χ3n) is 3.50. The molecule has 1 aliphatic rings. The van der Waals surface area contributed by atoms with Crippen LogP contribution >= 0.6 is 0 Å². The fourth-order valence-corrected chi connectivity index (χ4v) is 2.23. The van der Waals surface area contributed by atoms with Gasteiger partial charge < -0.3 is 15.7 Å². The molecule has 1 aromatic heterocycles. The van der Waals surface area contributed by atoms with Gasteiger partial charge in [0.2, 0.25) is 5.91 Å². The highest BCUT2D eigenvalue weighted by atomic mass is 16.4. The molecule has 1 aromatic rings. The Bertz CT molecular complexity index is 493. The highest BCUT2D eigenvalue weighted by molar-refractivity contribution is 5.86. The van der Waals surface area contributed by atoms with E-state index in [1.807, 2.05) is 6.92 Å². The van der Waals surface area contributed by atoms with Gasteiger partial charge in [-0.2, -0.15) is 0 Å². The maximum Gasteiger partial charge on any atom is 0.358 e. The first-order valence-corrected chi connectivity index (χ1v) is 6.68. The topological polar surface area (TPSA) is 109 Å². The van der Waals surface area contributed by atoms with Gasteiger partial charge in [0.1, 0.15) is 0 Å². The Morgan fingerprint density at radius 1 is 1.55 bits per heavy atom. The van der Waals surface area contributed by atoms with Crippen LogP contribution < -0.4 is 10.6 Å². The van der Waals surface area contributed by atoms with Gasteiger partial charge in [0.15, 0.2) is 5.69 Å². The Morgan fingerprint density at radius 3 is 2.95 bits per heavy atom. The lowest BCUT2D eigenvalue weighted by Crippen LogP contribution is -2.57. The first-order chi connectivity index (χ1) is 9.51. The van der Waals surface area contributed by atoms with Crippen molar-refractivity contribution < 1.29 is 14.7 Å². The predicted octanol–water partition coefficient (Wildman–Crippen LogP) is -0.375. The molecular weight excluding hydrogens is 262 g/mol. The predicted molar refractivity (Wildman–Crippen MR) is 70.2 cm³/mol. The van der Waals surface area contributed by atoms with Crippen molar-refractivity contribution in [2.75, 3.05) is 13.1 Å². The number of carbonyl (C=O) groups excluding carboxylic acids is 1. The smallest absolute Gasteiger partial charge is 0.358 e. The Morgan fingerprint density at radius 2 is 2.35 bits per heavy atom. The van der Waals surface area contributed by atoms with Crippen LogP contribution in [-0.2, 0) is 11.3 Å². The number of aromatic carboxylic acids is 1. The highest BCUT2D eigenvalue weighted by Gasteiger charge is 2.33.